The number of anilines is 1. The normalized spacial score (nSPS) is 11.0. The summed E-state index contributed by atoms with van der Waals surface area (Å²) in [5, 5.41) is 7.39. The monoisotopic (exact) mass is 279 g/mol. The molecule has 19 heavy (non-hydrogen) atoms. The average Bonchev–Trinajstić information content (AvgIpc) is 2.39. The van der Waals surface area contributed by atoms with E-state index in [1.54, 1.807) is 0 Å². The summed E-state index contributed by atoms with van der Waals surface area (Å²) in [7, 11) is -3.98. The number of amides is 1. The van der Waals surface area contributed by atoms with Crippen LogP contribution in [-0.4, -0.2) is 29.3 Å². The second kappa shape index (κ2) is 5.08. The van der Waals surface area contributed by atoms with Crippen LogP contribution in [0.3, 0.4) is 0 Å². The number of primary sulfonamides is 1. The zero-order valence-corrected chi connectivity index (χ0v) is 10.3. The minimum absolute atomic E-state index is 0.0178. The number of nitrogens with two attached hydrogens (primary N) is 1. The van der Waals surface area contributed by atoms with Crippen LogP contribution in [0.25, 0.3) is 0 Å². The molecule has 0 saturated heterocycles. The van der Waals surface area contributed by atoms with E-state index < -0.39 is 15.9 Å². The second-order valence-corrected chi connectivity index (χ2v) is 4.99. The predicted molar refractivity (Wildman–Crippen MR) is 65.6 cm³/mol. The molecule has 0 fully saturated rings. The highest BCUT2D eigenvalue weighted by Crippen LogP contribution is 2.14. The van der Waals surface area contributed by atoms with Gasteiger partial charge in [-0.1, -0.05) is 12.1 Å². The summed E-state index contributed by atoms with van der Waals surface area (Å²) in [5.74, 6) is -0.653. The van der Waals surface area contributed by atoms with Gasteiger partial charge in [0.1, 0.15) is 12.7 Å². The van der Waals surface area contributed by atoms with Crippen LogP contribution < -0.4 is 10.5 Å². The zero-order chi connectivity index (χ0) is 13.9. The first kappa shape index (κ1) is 13.1. The predicted octanol–water partition coefficient (Wildman–Crippen LogP) is -0.229. The molecular weight excluding hydrogens is 270 g/mol. The van der Waals surface area contributed by atoms with Crippen molar-refractivity contribution in [1.29, 1.82) is 0 Å². The topological polar surface area (TPSA) is 128 Å². The SMILES string of the molecule is NS(=O)(=O)c1ccccc1C(=O)Nc1ncncn1. The van der Waals surface area contributed by atoms with Crippen molar-refractivity contribution < 1.29 is 13.2 Å². The van der Waals surface area contributed by atoms with Crippen LogP contribution in [0.4, 0.5) is 5.95 Å². The van der Waals surface area contributed by atoms with Gasteiger partial charge < -0.3 is 0 Å². The maximum Gasteiger partial charge on any atom is 0.259 e. The molecule has 0 unspecified atom stereocenters. The first-order chi connectivity index (χ1) is 8.98. The summed E-state index contributed by atoms with van der Waals surface area (Å²) in [4.78, 5) is 22.7. The molecule has 0 spiro atoms. The Kier molecular flexibility index (Phi) is 3.49. The van der Waals surface area contributed by atoms with Crippen LogP contribution in [0.5, 0.6) is 0 Å². The van der Waals surface area contributed by atoms with Gasteiger partial charge in [0.15, 0.2) is 0 Å². The van der Waals surface area contributed by atoms with Crippen molar-refractivity contribution in [2.24, 2.45) is 5.14 Å². The molecule has 2 aromatic rings. The van der Waals surface area contributed by atoms with Gasteiger partial charge in [-0.25, -0.2) is 28.5 Å². The van der Waals surface area contributed by atoms with E-state index in [1.807, 2.05) is 0 Å². The molecule has 2 rings (SSSR count). The molecule has 1 amide bonds. The lowest BCUT2D eigenvalue weighted by molar-refractivity contribution is 0.102. The van der Waals surface area contributed by atoms with Crippen LogP contribution in [0.15, 0.2) is 41.8 Å². The highest BCUT2D eigenvalue weighted by molar-refractivity contribution is 7.89. The van der Waals surface area contributed by atoms with Crippen LogP contribution >= 0.6 is 0 Å². The maximum atomic E-state index is 12.0. The Morgan fingerprint density at radius 1 is 1.16 bits per heavy atom. The lowest BCUT2D eigenvalue weighted by Crippen LogP contribution is -2.21. The third-order valence-electron chi connectivity index (χ3n) is 2.16. The zero-order valence-electron chi connectivity index (χ0n) is 9.52. The van der Waals surface area contributed by atoms with E-state index in [0.29, 0.717) is 0 Å². The number of hydrogen-bond donors (Lipinski definition) is 2. The fourth-order valence-corrected chi connectivity index (χ4v) is 2.11. The summed E-state index contributed by atoms with van der Waals surface area (Å²) in [6, 6.07) is 5.59. The molecule has 0 aliphatic carbocycles. The van der Waals surface area contributed by atoms with E-state index in [-0.39, 0.29) is 16.4 Å². The van der Waals surface area contributed by atoms with Crippen LogP contribution in [0.1, 0.15) is 10.4 Å². The molecule has 3 N–H and O–H groups in total. The Bertz CT molecular complexity index is 702. The van der Waals surface area contributed by atoms with Crippen LogP contribution in [0, 0.1) is 0 Å². The highest BCUT2D eigenvalue weighted by Gasteiger charge is 2.19. The standard InChI is InChI=1S/C10H9N5O3S/c11-19(17,18)8-4-2-1-3-7(8)9(16)15-10-13-5-12-6-14-10/h1-6H,(H2,11,17,18)(H,12,13,14,15,16). The quantitative estimate of drug-likeness (QED) is 0.798. The maximum absolute atomic E-state index is 12.0. The Labute approximate surface area is 108 Å². The fourth-order valence-electron chi connectivity index (χ4n) is 1.37. The van der Waals surface area contributed by atoms with Gasteiger partial charge in [-0.15, -0.1) is 0 Å². The van der Waals surface area contributed by atoms with Crippen molar-refractivity contribution in [3.05, 3.63) is 42.5 Å². The Hall–Kier alpha value is -2.39. The van der Waals surface area contributed by atoms with Crippen molar-refractivity contribution in [2.45, 2.75) is 4.90 Å². The van der Waals surface area contributed by atoms with Crippen molar-refractivity contribution >= 4 is 21.9 Å². The van der Waals surface area contributed by atoms with Crippen molar-refractivity contribution in [1.82, 2.24) is 15.0 Å². The molecule has 1 aromatic heterocycles. The van der Waals surface area contributed by atoms with Gasteiger partial charge in [-0.3, -0.25) is 10.1 Å². The van der Waals surface area contributed by atoms with Gasteiger partial charge in [-0.05, 0) is 12.1 Å². The molecular formula is C10H9N5O3S. The van der Waals surface area contributed by atoms with E-state index in [2.05, 4.69) is 20.3 Å². The third kappa shape index (κ3) is 3.09. The van der Waals surface area contributed by atoms with Crippen molar-refractivity contribution in [2.75, 3.05) is 5.32 Å². The van der Waals surface area contributed by atoms with E-state index in [1.165, 1.54) is 36.9 Å². The van der Waals surface area contributed by atoms with E-state index in [4.69, 9.17) is 5.14 Å². The number of aromatic nitrogens is 3. The van der Waals surface area contributed by atoms with Gasteiger partial charge in [0.25, 0.3) is 5.91 Å². The number of benzene rings is 1. The number of hydrogen-bond acceptors (Lipinski definition) is 6. The molecule has 0 aliphatic rings. The smallest absolute Gasteiger partial charge is 0.259 e. The molecule has 0 saturated carbocycles. The lowest BCUT2D eigenvalue weighted by atomic mass is 10.2. The van der Waals surface area contributed by atoms with Gasteiger partial charge in [0.05, 0.1) is 10.5 Å². The number of carbonyl (C=O) groups excluding carboxylic acids is 1. The lowest BCUT2D eigenvalue weighted by Gasteiger charge is -2.07. The molecule has 9 heteroatoms. The average molecular weight is 279 g/mol. The molecule has 0 atom stereocenters. The first-order valence-corrected chi connectivity index (χ1v) is 6.58. The minimum Gasteiger partial charge on any atom is -0.290 e. The summed E-state index contributed by atoms with van der Waals surface area (Å²) in [6.45, 7) is 0. The molecule has 0 radical (unpaired) electrons. The van der Waals surface area contributed by atoms with Gasteiger partial charge >= 0.3 is 0 Å². The van der Waals surface area contributed by atoms with Crippen molar-refractivity contribution in [3.63, 3.8) is 0 Å². The number of nitrogens with one attached hydrogen (secondary N) is 1. The Morgan fingerprint density at radius 3 is 2.42 bits per heavy atom. The van der Waals surface area contributed by atoms with Gasteiger partial charge in [0, 0.05) is 0 Å². The second-order valence-electron chi connectivity index (χ2n) is 3.46. The van der Waals surface area contributed by atoms with Gasteiger partial charge in [0.2, 0.25) is 16.0 Å². The first-order valence-electron chi connectivity index (χ1n) is 5.03. The molecule has 1 aromatic carbocycles. The molecule has 8 nitrogen and oxygen atoms in total. The number of rotatable bonds is 3. The van der Waals surface area contributed by atoms with Gasteiger partial charge in [-0.2, -0.15) is 0 Å². The number of nitrogens with zero attached hydrogens (tertiary/aromatic N) is 3. The van der Waals surface area contributed by atoms with E-state index in [9.17, 15) is 13.2 Å². The molecule has 0 aliphatic heterocycles. The molecule has 1 heterocycles. The Balaban J connectivity index is 2.35. The largest absolute Gasteiger partial charge is 0.290 e. The minimum atomic E-state index is -3.98. The number of sulfonamides is 1. The fraction of sp³-hybridized carbons (Fsp3) is 0. The summed E-state index contributed by atoms with van der Waals surface area (Å²) >= 11 is 0. The third-order valence-corrected chi connectivity index (χ3v) is 3.13. The van der Waals surface area contributed by atoms with E-state index in [0.717, 1.165) is 0 Å². The molecule has 0 bridgehead atoms. The summed E-state index contributed by atoms with van der Waals surface area (Å²) in [6.07, 6.45) is 2.41. The van der Waals surface area contributed by atoms with Crippen molar-refractivity contribution in [3.8, 4) is 0 Å². The Morgan fingerprint density at radius 2 is 1.79 bits per heavy atom. The van der Waals surface area contributed by atoms with E-state index >= 15 is 0 Å². The summed E-state index contributed by atoms with van der Waals surface area (Å²) in [5.41, 5.74) is -0.0783. The number of carbonyl (C=O) groups is 1. The highest BCUT2D eigenvalue weighted by atomic mass is 32.2. The molecule has 98 valence electrons. The van der Waals surface area contributed by atoms with Crippen LogP contribution in [0.2, 0.25) is 0 Å². The van der Waals surface area contributed by atoms with Crippen LogP contribution in [-0.2, 0) is 10.0 Å². The summed E-state index contributed by atoms with van der Waals surface area (Å²) < 4.78 is 22.7.